The van der Waals surface area contributed by atoms with Crippen LogP contribution in [0.3, 0.4) is 0 Å². The van der Waals surface area contributed by atoms with Gasteiger partial charge in [-0.15, -0.1) is 11.3 Å². The number of hydrogen-bond acceptors (Lipinski definition) is 7. The maximum absolute atomic E-state index is 12.3. The highest BCUT2D eigenvalue weighted by Gasteiger charge is 2.18. The number of carbonyl (C=O) groups excluding carboxylic acids is 3. The lowest BCUT2D eigenvalue weighted by Crippen LogP contribution is -2.24. The first-order valence-electron chi connectivity index (χ1n) is 7.32. The van der Waals surface area contributed by atoms with Crippen molar-refractivity contribution in [3.8, 4) is 0 Å². The van der Waals surface area contributed by atoms with Gasteiger partial charge in [0.1, 0.15) is 5.78 Å². The van der Waals surface area contributed by atoms with E-state index in [0.29, 0.717) is 4.88 Å². The van der Waals surface area contributed by atoms with Crippen molar-refractivity contribution in [1.29, 1.82) is 0 Å². The molecule has 0 aliphatic rings. The molecule has 3 N–H and O–H groups in total. The van der Waals surface area contributed by atoms with Crippen LogP contribution >= 0.6 is 23.1 Å². The van der Waals surface area contributed by atoms with E-state index in [4.69, 9.17) is 0 Å². The number of thioether (sulfide) groups is 1. The number of rotatable bonds is 7. The number of aromatic nitrogens is 2. The Bertz CT molecular complexity index is 846. The van der Waals surface area contributed by atoms with E-state index in [1.807, 2.05) is 0 Å². The van der Waals surface area contributed by atoms with Crippen LogP contribution in [0.15, 0.2) is 27.5 Å². The van der Waals surface area contributed by atoms with Crippen LogP contribution in [-0.4, -0.2) is 33.3 Å². The smallest absolute Gasteiger partial charge is 0.277 e. The van der Waals surface area contributed by atoms with Crippen LogP contribution in [-0.2, 0) is 9.59 Å². The number of ketones is 1. The first-order chi connectivity index (χ1) is 11.9. The highest BCUT2D eigenvalue weighted by Crippen LogP contribution is 2.21. The SMILES string of the molecule is CCC(=O)Nc1nc(SCC(C)=O)[nH]c(=O)c1NC(=O)c1cccs1. The Morgan fingerprint density at radius 3 is 2.68 bits per heavy atom. The van der Waals surface area contributed by atoms with Gasteiger partial charge in [-0.3, -0.25) is 24.2 Å². The minimum atomic E-state index is -0.614. The number of Topliss-reactive ketones (excluding diaryl/α,β-unsaturated/α-hetero) is 1. The zero-order valence-corrected chi connectivity index (χ0v) is 15.2. The van der Waals surface area contributed by atoms with Gasteiger partial charge >= 0.3 is 0 Å². The van der Waals surface area contributed by atoms with Crippen molar-refractivity contribution < 1.29 is 14.4 Å². The van der Waals surface area contributed by atoms with Crippen LogP contribution in [0.4, 0.5) is 11.5 Å². The molecular formula is C15H16N4O4S2. The van der Waals surface area contributed by atoms with Crippen LogP contribution in [0.2, 0.25) is 0 Å². The molecular weight excluding hydrogens is 364 g/mol. The molecule has 132 valence electrons. The van der Waals surface area contributed by atoms with Crippen molar-refractivity contribution in [3.63, 3.8) is 0 Å². The maximum atomic E-state index is 12.3. The van der Waals surface area contributed by atoms with Crippen LogP contribution in [0.5, 0.6) is 0 Å². The average Bonchev–Trinajstić information content (AvgIpc) is 3.10. The van der Waals surface area contributed by atoms with Gasteiger partial charge < -0.3 is 10.6 Å². The van der Waals surface area contributed by atoms with Gasteiger partial charge in [-0.05, 0) is 18.4 Å². The minimum Gasteiger partial charge on any atom is -0.314 e. The summed E-state index contributed by atoms with van der Waals surface area (Å²) in [6.45, 7) is 3.07. The van der Waals surface area contributed by atoms with Gasteiger partial charge in [0.2, 0.25) is 5.91 Å². The van der Waals surface area contributed by atoms with Gasteiger partial charge in [0.05, 0.1) is 10.6 Å². The van der Waals surface area contributed by atoms with Gasteiger partial charge in [-0.2, -0.15) is 0 Å². The number of amides is 2. The highest BCUT2D eigenvalue weighted by molar-refractivity contribution is 7.99. The molecule has 2 aromatic rings. The van der Waals surface area contributed by atoms with E-state index in [2.05, 4.69) is 20.6 Å². The van der Waals surface area contributed by atoms with E-state index >= 15 is 0 Å². The van der Waals surface area contributed by atoms with Crippen molar-refractivity contribution in [2.45, 2.75) is 25.4 Å². The zero-order valence-electron chi connectivity index (χ0n) is 13.5. The van der Waals surface area contributed by atoms with E-state index < -0.39 is 11.5 Å². The molecule has 25 heavy (non-hydrogen) atoms. The fourth-order valence-electron chi connectivity index (χ4n) is 1.70. The molecule has 0 bridgehead atoms. The number of thiophene rings is 1. The highest BCUT2D eigenvalue weighted by atomic mass is 32.2. The lowest BCUT2D eigenvalue weighted by Gasteiger charge is -2.11. The fourth-order valence-corrected chi connectivity index (χ4v) is 2.98. The van der Waals surface area contributed by atoms with Gasteiger partial charge in [0.25, 0.3) is 11.5 Å². The van der Waals surface area contributed by atoms with Crippen molar-refractivity contribution in [1.82, 2.24) is 9.97 Å². The summed E-state index contributed by atoms with van der Waals surface area (Å²) in [6, 6.07) is 3.33. The number of H-pyrrole nitrogens is 1. The molecule has 0 aromatic carbocycles. The number of nitrogens with zero attached hydrogens (tertiary/aromatic N) is 1. The zero-order chi connectivity index (χ0) is 18.4. The summed E-state index contributed by atoms with van der Waals surface area (Å²) in [6.07, 6.45) is 0.183. The van der Waals surface area contributed by atoms with Crippen LogP contribution in [0.1, 0.15) is 29.9 Å². The van der Waals surface area contributed by atoms with E-state index in [9.17, 15) is 19.2 Å². The largest absolute Gasteiger partial charge is 0.314 e. The molecule has 0 aliphatic carbocycles. The third-order valence-corrected chi connectivity index (χ3v) is 4.76. The Morgan fingerprint density at radius 2 is 2.08 bits per heavy atom. The minimum absolute atomic E-state index is 0.0495. The fraction of sp³-hybridized carbons (Fsp3) is 0.267. The molecule has 0 radical (unpaired) electrons. The predicted molar refractivity (Wildman–Crippen MR) is 97.5 cm³/mol. The Labute approximate surface area is 151 Å². The molecule has 0 saturated heterocycles. The number of carbonyl (C=O) groups is 3. The first kappa shape index (κ1) is 18.9. The molecule has 2 rings (SSSR count). The third-order valence-electron chi connectivity index (χ3n) is 2.87. The van der Waals surface area contributed by atoms with Crippen LogP contribution in [0.25, 0.3) is 0 Å². The Hall–Kier alpha value is -2.46. The van der Waals surface area contributed by atoms with Gasteiger partial charge in [-0.1, -0.05) is 24.8 Å². The summed E-state index contributed by atoms with van der Waals surface area (Å²) in [4.78, 5) is 54.4. The van der Waals surface area contributed by atoms with Crippen LogP contribution < -0.4 is 16.2 Å². The lowest BCUT2D eigenvalue weighted by molar-refractivity contribution is -0.116. The number of anilines is 2. The third kappa shape index (κ3) is 5.26. The topological polar surface area (TPSA) is 121 Å². The summed E-state index contributed by atoms with van der Waals surface area (Å²) in [5.74, 6) is -0.829. The molecule has 2 amide bonds. The Morgan fingerprint density at radius 1 is 1.32 bits per heavy atom. The summed E-state index contributed by atoms with van der Waals surface area (Å²) < 4.78 is 0. The lowest BCUT2D eigenvalue weighted by atomic mass is 10.3. The van der Waals surface area contributed by atoms with Gasteiger partial charge in [0.15, 0.2) is 16.7 Å². The van der Waals surface area contributed by atoms with Crippen molar-refractivity contribution in [2.24, 2.45) is 0 Å². The summed E-state index contributed by atoms with van der Waals surface area (Å²) in [5.41, 5.74) is -0.760. The van der Waals surface area contributed by atoms with E-state index in [0.717, 1.165) is 11.8 Å². The number of nitrogens with one attached hydrogen (secondary N) is 3. The van der Waals surface area contributed by atoms with Crippen LogP contribution in [0, 0.1) is 0 Å². The molecule has 2 aromatic heterocycles. The second kappa shape index (κ2) is 8.58. The molecule has 0 aliphatic heterocycles. The molecule has 0 spiro atoms. The molecule has 0 fully saturated rings. The quantitative estimate of drug-likeness (QED) is 0.500. The monoisotopic (exact) mass is 380 g/mol. The standard InChI is InChI=1S/C15H16N4O4S2/c1-3-10(21)16-12-11(17-13(22)9-5-4-6-24-9)14(23)19-15(18-12)25-7-8(2)20/h4-6H,3,7H2,1-2H3,(H,17,22)(H2,16,18,19,21,23). The Kier molecular flexibility index (Phi) is 6.48. The average molecular weight is 380 g/mol. The van der Waals surface area contributed by atoms with Crippen molar-refractivity contribution in [3.05, 3.63) is 32.7 Å². The van der Waals surface area contributed by atoms with Crippen molar-refractivity contribution >= 4 is 52.2 Å². The molecule has 0 saturated carbocycles. The maximum Gasteiger partial charge on any atom is 0.277 e. The van der Waals surface area contributed by atoms with Gasteiger partial charge in [0, 0.05) is 6.42 Å². The Balaban J connectivity index is 2.35. The first-order valence-corrected chi connectivity index (χ1v) is 9.18. The molecule has 0 unspecified atom stereocenters. The van der Waals surface area contributed by atoms with Gasteiger partial charge in [-0.25, -0.2) is 4.98 Å². The molecule has 2 heterocycles. The number of aromatic amines is 1. The summed E-state index contributed by atoms with van der Waals surface area (Å²) in [7, 11) is 0. The predicted octanol–water partition coefficient (Wildman–Crippen LogP) is 2.11. The molecule has 10 heteroatoms. The van der Waals surface area contributed by atoms with E-state index in [1.165, 1.54) is 18.3 Å². The van der Waals surface area contributed by atoms with E-state index in [1.54, 1.807) is 24.4 Å². The van der Waals surface area contributed by atoms with E-state index in [-0.39, 0.29) is 40.5 Å². The summed E-state index contributed by atoms with van der Waals surface area (Å²) >= 11 is 2.26. The van der Waals surface area contributed by atoms with Crippen molar-refractivity contribution in [2.75, 3.05) is 16.4 Å². The second-order valence-corrected chi connectivity index (χ2v) is 6.83. The molecule has 8 nitrogen and oxygen atoms in total. The molecule has 0 atom stereocenters. The summed E-state index contributed by atoms with van der Waals surface area (Å²) in [5, 5.41) is 6.89. The second-order valence-electron chi connectivity index (χ2n) is 4.92. The number of hydrogen-bond donors (Lipinski definition) is 3. The normalized spacial score (nSPS) is 10.3.